The highest BCUT2D eigenvalue weighted by molar-refractivity contribution is 5.95. The number of hydrogen-bond donors (Lipinski definition) is 3. The van der Waals surface area contributed by atoms with Crippen LogP contribution in [0.5, 0.6) is 0 Å². The van der Waals surface area contributed by atoms with Crippen molar-refractivity contribution >= 4 is 5.91 Å². The van der Waals surface area contributed by atoms with E-state index in [0.717, 1.165) is 0 Å². The largest absolute Gasteiger partial charge is 0.389 e. The van der Waals surface area contributed by atoms with E-state index in [1.807, 2.05) is 5.43 Å². The lowest BCUT2D eigenvalue weighted by atomic mass is 10.1. The Kier molecular flexibility index (Phi) is 2.40. The van der Waals surface area contributed by atoms with Crippen LogP contribution < -0.4 is 11.3 Å². The Balaban J connectivity index is 2.63. The van der Waals surface area contributed by atoms with Gasteiger partial charge in [-0.25, -0.2) is 5.84 Å². The second-order valence-corrected chi connectivity index (χ2v) is 2.30. The van der Waals surface area contributed by atoms with Crippen molar-refractivity contribution in [3.05, 3.63) is 23.8 Å². The number of nitrogens with one attached hydrogen (secondary N) is 1. The molecular weight excluding hydrogens is 144 g/mol. The van der Waals surface area contributed by atoms with Crippen LogP contribution in [0.3, 0.4) is 0 Å². The van der Waals surface area contributed by atoms with E-state index < -0.39 is 6.10 Å². The number of carbonyl (C=O) groups excluding carboxylic acids is 1. The first-order valence-electron chi connectivity index (χ1n) is 3.31. The average molecular weight is 154 g/mol. The van der Waals surface area contributed by atoms with Gasteiger partial charge in [0.15, 0.2) is 0 Å². The van der Waals surface area contributed by atoms with Gasteiger partial charge in [-0.1, -0.05) is 18.2 Å². The first-order chi connectivity index (χ1) is 5.24. The second-order valence-electron chi connectivity index (χ2n) is 2.30. The Morgan fingerprint density at radius 3 is 3.00 bits per heavy atom. The van der Waals surface area contributed by atoms with Gasteiger partial charge < -0.3 is 5.11 Å². The molecule has 0 bridgehead atoms. The van der Waals surface area contributed by atoms with Crippen LogP contribution in [0.2, 0.25) is 0 Å². The summed E-state index contributed by atoms with van der Waals surface area (Å²) in [6.07, 6.45) is 4.76. The van der Waals surface area contributed by atoms with Crippen molar-refractivity contribution in [1.29, 1.82) is 0 Å². The molecule has 1 aliphatic carbocycles. The summed E-state index contributed by atoms with van der Waals surface area (Å²) in [6.45, 7) is 0. The van der Waals surface area contributed by atoms with Crippen LogP contribution in [0.25, 0.3) is 0 Å². The van der Waals surface area contributed by atoms with Crippen molar-refractivity contribution in [2.75, 3.05) is 0 Å². The Hall–Kier alpha value is -1.13. The van der Waals surface area contributed by atoms with Crippen LogP contribution in [0.4, 0.5) is 0 Å². The van der Waals surface area contributed by atoms with Gasteiger partial charge in [0.25, 0.3) is 5.91 Å². The average Bonchev–Trinajstić information content (AvgIpc) is 2.05. The summed E-state index contributed by atoms with van der Waals surface area (Å²) in [4.78, 5) is 10.8. The molecular formula is C7H10N2O2. The van der Waals surface area contributed by atoms with Gasteiger partial charge in [-0.05, 0) is 6.42 Å². The lowest BCUT2D eigenvalue weighted by Gasteiger charge is -2.08. The summed E-state index contributed by atoms with van der Waals surface area (Å²) in [5.74, 6) is 4.57. The quantitative estimate of drug-likeness (QED) is 0.263. The molecule has 1 aliphatic rings. The number of hydrogen-bond acceptors (Lipinski definition) is 3. The molecule has 0 aromatic rings. The van der Waals surface area contributed by atoms with E-state index in [9.17, 15) is 4.79 Å². The summed E-state index contributed by atoms with van der Waals surface area (Å²) >= 11 is 0. The van der Waals surface area contributed by atoms with Crippen molar-refractivity contribution in [2.24, 2.45) is 5.84 Å². The molecule has 0 aliphatic heterocycles. The minimum Gasteiger partial charge on any atom is -0.389 e. The van der Waals surface area contributed by atoms with Crippen molar-refractivity contribution in [1.82, 2.24) is 5.43 Å². The monoisotopic (exact) mass is 154 g/mol. The smallest absolute Gasteiger partial charge is 0.264 e. The van der Waals surface area contributed by atoms with Crippen LogP contribution in [0.15, 0.2) is 23.8 Å². The molecule has 4 nitrogen and oxygen atoms in total. The summed E-state index contributed by atoms with van der Waals surface area (Å²) in [5.41, 5.74) is 2.51. The Morgan fingerprint density at radius 2 is 2.55 bits per heavy atom. The first-order valence-corrected chi connectivity index (χ1v) is 3.31. The van der Waals surface area contributed by atoms with Gasteiger partial charge in [0.2, 0.25) is 0 Å². The molecule has 1 rings (SSSR count). The van der Waals surface area contributed by atoms with Crippen LogP contribution in [-0.2, 0) is 4.79 Å². The Morgan fingerprint density at radius 1 is 1.82 bits per heavy atom. The maximum Gasteiger partial charge on any atom is 0.264 e. The maximum absolute atomic E-state index is 10.8. The van der Waals surface area contributed by atoms with Crippen molar-refractivity contribution in [3.63, 3.8) is 0 Å². The van der Waals surface area contributed by atoms with Gasteiger partial charge in [0.1, 0.15) is 0 Å². The van der Waals surface area contributed by atoms with E-state index >= 15 is 0 Å². The fraction of sp³-hybridized carbons (Fsp3) is 0.286. The van der Waals surface area contributed by atoms with Crippen LogP contribution in [0.1, 0.15) is 6.42 Å². The minimum atomic E-state index is -0.468. The number of amides is 1. The molecule has 0 saturated heterocycles. The topological polar surface area (TPSA) is 75.3 Å². The van der Waals surface area contributed by atoms with Crippen molar-refractivity contribution in [2.45, 2.75) is 12.5 Å². The SMILES string of the molecule is NNC(=O)C1=CCC(O)C=C1. The molecule has 1 amide bonds. The maximum atomic E-state index is 10.8. The van der Waals surface area contributed by atoms with E-state index in [-0.39, 0.29) is 5.91 Å². The molecule has 4 N–H and O–H groups in total. The number of carbonyl (C=O) groups is 1. The fourth-order valence-corrected chi connectivity index (χ4v) is 0.861. The van der Waals surface area contributed by atoms with Gasteiger partial charge in [0, 0.05) is 5.57 Å². The molecule has 0 aromatic carbocycles. The van der Waals surface area contributed by atoms with Crippen molar-refractivity contribution in [3.8, 4) is 0 Å². The summed E-state index contributed by atoms with van der Waals surface area (Å²) in [5, 5.41) is 8.99. The highest BCUT2D eigenvalue weighted by atomic mass is 16.3. The van der Waals surface area contributed by atoms with Crippen LogP contribution >= 0.6 is 0 Å². The van der Waals surface area contributed by atoms with E-state index in [2.05, 4.69) is 0 Å². The molecule has 0 fully saturated rings. The number of rotatable bonds is 1. The lowest BCUT2D eigenvalue weighted by Crippen LogP contribution is -2.31. The molecule has 0 spiro atoms. The second kappa shape index (κ2) is 3.32. The fourth-order valence-electron chi connectivity index (χ4n) is 0.861. The number of aliphatic hydroxyl groups excluding tert-OH is 1. The predicted molar refractivity (Wildman–Crippen MR) is 40.2 cm³/mol. The van der Waals surface area contributed by atoms with Gasteiger partial charge in [-0.15, -0.1) is 0 Å². The number of hydrazine groups is 1. The zero-order chi connectivity index (χ0) is 8.27. The third-order valence-electron chi connectivity index (χ3n) is 1.47. The highest BCUT2D eigenvalue weighted by Gasteiger charge is 2.09. The summed E-state index contributed by atoms with van der Waals surface area (Å²) < 4.78 is 0. The van der Waals surface area contributed by atoms with E-state index in [1.165, 1.54) is 0 Å². The summed E-state index contributed by atoms with van der Waals surface area (Å²) in [6, 6.07) is 0. The van der Waals surface area contributed by atoms with Gasteiger partial charge >= 0.3 is 0 Å². The van der Waals surface area contributed by atoms with Gasteiger partial charge in [0.05, 0.1) is 6.10 Å². The van der Waals surface area contributed by atoms with Crippen molar-refractivity contribution < 1.29 is 9.90 Å². The lowest BCUT2D eigenvalue weighted by molar-refractivity contribution is -0.117. The molecule has 0 heterocycles. The van der Waals surface area contributed by atoms with Gasteiger partial charge in [-0.2, -0.15) is 0 Å². The van der Waals surface area contributed by atoms with E-state index in [1.54, 1.807) is 18.2 Å². The molecule has 0 aromatic heterocycles. The molecule has 11 heavy (non-hydrogen) atoms. The third kappa shape index (κ3) is 1.89. The molecule has 0 saturated carbocycles. The standard InChI is InChI=1S/C7H10N2O2/c8-9-7(11)5-1-3-6(10)4-2-5/h1-3,6,10H,4,8H2,(H,9,11). The molecule has 1 unspecified atom stereocenters. The zero-order valence-corrected chi connectivity index (χ0v) is 5.95. The zero-order valence-electron chi connectivity index (χ0n) is 5.95. The Bertz CT molecular complexity index is 220. The number of aliphatic hydroxyl groups is 1. The van der Waals surface area contributed by atoms with Crippen LogP contribution in [0, 0.1) is 0 Å². The third-order valence-corrected chi connectivity index (χ3v) is 1.47. The molecule has 60 valence electrons. The minimum absolute atomic E-state index is 0.326. The first kappa shape index (κ1) is 7.97. The van der Waals surface area contributed by atoms with Gasteiger partial charge in [-0.3, -0.25) is 10.2 Å². The van der Waals surface area contributed by atoms with Crippen LogP contribution in [-0.4, -0.2) is 17.1 Å². The molecule has 4 heteroatoms. The number of nitrogens with two attached hydrogens (primary N) is 1. The Labute approximate surface area is 64.4 Å². The molecule has 1 atom stereocenters. The molecule has 0 radical (unpaired) electrons. The highest BCUT2D eigenvalue weighted by Crippen LogP contribution is 2.09. The normalized spacial score (nSPS) is 22.7. The predicted octanol–water partition coefficient (Wildman–Crippen LogP) is -0.777. The van der Waals surface area contributed by atoms with E-state index in [0.29, 0.717) is 12.0 Å². The summed E-state index contributed by atoms with van der Waals surface area (Å²) in [7, 11) is 0. The van der Waals surface area contributed by atoms with E-state index in [4.69, 9.17) is 10.9 Å².